The highest BCUT2D eigenvalue weighted by atomic mass is 17.1. The van der Waals surface area contributed by atoms with Crippen molar-refractivity contribution in [3.63, 3.8) is 0 Å². The minimum Gasteiger partial charge on any atom is -0.396 e. The highest BCUT2D eigenvalue weighted by Crippen LogP contribution is 2.14. The Balaban J connectivity index is 2.92. The Morgan fingerprint density at radius 3 is 0.913 bits per heavy atom. The molecule has 0 bridgehead atoms. The van der Waals surface area contributed by atoms with E-state index in [9.17, 15) is 0 Å². The molecule has 0 aliphatic rings. The SMILES string of the molecule is OCCCCCCCCCCCCCCCCCCCCOO. The van der Waals surface area contributed by atoms with Crippen molar-refractivity contribution >= 4 is 0 Å². The fraction of sp³-hybridized carbons (Fsp3) is 1.00. The highest BCUT2D eigenvalue weighted by Gasteiger charge is 1.95. The lowest BCUT2D eigenvalue weighted by molar-refractivity contribution is -0.242. The number of aliphatic hydroxyl groups excluding tert-OH is 1. The van der Waals surface area contributed by atoms with Crippen molar-refractivity contribution in [3.05, 3.63) is 0 Å². The average molecular weight is 331 g/mol. The Labute approximate surface area is 144 Å². The monoisotopic (exact) mass is 330 g/mol. The third-order valence-electron chi connectivity index (χ3n) is 4.64. The van der Waals surface area contributed by atoms with Gasteiger partial charge in [0.05, 0.1) is 6.61 Å². The third-order valence-corrected chi connectivity index (χ3v) is 4.64. The first-order chi connectivity index (χ1) is 11.4. The van der Waals surface area contributed by atoms with Crippen molar-refractivity contribution in [1.29, 1.82) is 0 Å². The average Bonchev–Trinajstić information content (AvgIpc) is 2.57. The van der Waals surface area contributed by atoms with Crippen LogP contribution in [0.2, 0.25) is 0 Å². The lowest BCUT2D eigenvalue weighted by Crippen LogP contribution is -1.88. The first-order valence-corrected chi connectivity index (χ1v) is 10.3. The molecule has 0 aliphatic carbocycles. The molecule has 0 aromatic heterocycles. The van der Waals surface area contributed by atoms with Gasteiger partial charge < -0.3 is 5.11 Å². The summed E-state index contributed by atoms with van der Waals surface area (Å²) in [6, 6.07) is 0. The fourth-order valence-corrected chi connectivity index (χ4v) is 3.11. The molecular weight excluding hydrogens is 288 g/mol. The van der Waals surface area contributed by atoms with Gasteiger partial charge in [-0.2, -0.15) is 0 Å². The van der Waals surface area contributed by atoms with Gasteiger partial charge in [-0.1, -0.05) is 103 Å². The van der Waals surface area contributed by atoms with Gasteiger partial charge in [0, 0.05) is 6.61 Å². The molecule has 0 fully saturated rings. The molecule has 140 valence electrons. The van der Waals surface area contributed by atoms with Crippen LogP contribution in [0.25, 0.3) is 0 Å². The summed E-state index contributed by atoms with van der Waals surface area (Å²) >= 11 is 0. The van der Waals surface area contributed by atoms with Crippen LogP contribution in [0.15, 0.2) is 0 Å². The minimum absolute atomic E-state index is 0.361. The first kappa shape index (κ1) is 22.9. The molecule has 2 N–H and O–H groups in total. The summed E-state index contributed by atoms with van der Waals surface area (Å²) in [6.07, 6.45) is 23.7. The Morgan fingerprint density at radius 2 is 0.652 bits per heavy atom. The van der Waals surface area contributed by atoms with Crippen molar-refractivity contribution in [2.75, 3.05) is 13.2 Å². The van der Waals surface area contributed by atoms with Crippen LogP contribution < -0.4 is 0 Å². The van der Waals surface area contributed by atoms with Gasteiger partial charge in [0.2, 0.25) is 0 Å². The zero-order valence-electron chi connectivity index (χ0n) is 15.4. The van der Waals surface area contributed by atoms with Gasteiger partial charge in [0.15, 0.2) is 0 Å². The second-order valence-corrected chi connectivity index (χ2v) is 6.92. The Hall–Kier alpha value is -0.120. The molecular formula is C20H42O3. The van der Waals surface area contributed by atoms with Crippen molar-refractivity contribution in [2.24, 2.45) is 0 Å². The van der Waals surface area contributed by atoms with Gasteiger partial charge in [-0.3, -0.25) is 5.26 Å². The summed E-state index contributed by atoms with van der Waals surface area (Å²) in [6.45, 7) is 0.851. The summed E-state index contributed by atoms with van der Waals surface area (Å²) in [5, 5.41) is 16.9. The topological polar surface area (TPSA) is 49.7 Å². The van der Waals surface area contributed by atoms with Crippen LogP contribution in [0.5, 0.6) is 0 Å². The predicted molar refractivity (Wildman–Crippen MR) is 98.8 cm³/mol. The van der Waals surface area contributed by atoms with E-state index in [0.29, 0.717) is 13.2 Å². The van der Waals surface area contributed by atoms with E-state index in [2.05, 4.69) is 4.89 Å². The normalized spacial score (nSPS) is 11.2. The molecule has 0 aromatic carbocycles. The van der Waals surface area contributed by atoms with Crippen LogP contribution in [0.3, 0.4) is 0 Å². The maximum absolute atomic E-state index is 8.70. The Bertz CT molecular complexity index is 177. The van der Waals surface area contributed by atoms with Crippen LogP contribution in [0, 0.1) is 0 Å². The maximum atomic E-state index is 8.70. The Kier molecular flexibility index (Phi) is 21.8. The van der Waals surface area contributed by atoms with E-state index < -0.39 is 0 Å². The zero-order chi connectivity index (χ0) is 16.8. The van der Waals surface area contributed by atoms with E-state index in [1.807, 2.05) is 0 Å². The summed E-state index contributed by atoms with van der Waals surface area (Å²) in [5.74, 6) is 0. The quantitative estimate of drug-likeness (QED) is 0.152. The molecule has 0 radical (unpaired) electrons. The number of hydrogen-bond acceptors (Lipinski definition) is 3. The second-order valence-electron chi connectivity index (χ2n) is 6.92. The molecule has 0 heterocycles. The van der Waals surface area contributed by atoms with Crippen LogP contribution >= 0.6 is 0 Å². The molecule has 0 spiro atoms. The van der Waals surface area contributed by atoms with E-state index in [1.54, 1.807) is 0 Å². The van der Waals surface area contributed by atoms with E-state index in [4.69, 9.17) is 10.4 Å². The highest BCUT2D eigenvalue weighted by molar-refractivity contribution is 4.50. The molecule has 0 aromatic rings. The fourth-order valence-electron chi connectivity index (χ4n) is 3.11. The van der Waals surface area contributed by atoms with Gasteiger partial charge >= 0.3 is 0 Å². The molecule has 3 nitrogen and oxygen atoms in total. The van der Waals surface area contributed by atoms with Crippen molar-refractivity contribution in [3.8, 4) is 0 Å². The van der Waals surface area contributed by atoms with Crippen LogP contribution in [0.4, 0.5) is 0 Å². The molecule has 3 heteroatoms. The Morgan fingerprint density at radius 1 is 0.391 bits per heavy atom. The maximum Gasteiger partial charge on any atom is 0.0819 e. The number of rotatable bonds is 20. The largest absolute Gasteiger partial charge is 0.396 e. The van der Waals surface area contributed by atoms with Crippen LogP contribution in [-0.2, 0) is 4.89 Å². The zero-order valence-corrected chi connectivity index (χ0v) is 15.4. The standard InChI is InChI=1S/C20H42O3/c21-19-17-15-13-11-9-7-5-3-1-2-4-6-8-10-12-14-16-18-20-23-22/h21-22H,1-20H2. The van der Waals surface area contributed by atoms with E-state index >= 15 is 0 Å². The van der Waals surface area contributed by atoms with E-state index in [0.717, 1.165) is 12.8 Å². The van der Waals surface area contributed by atoms with Crippen molar-refractivity contribution in [2.45, 2.75) is 116 Å². The summed E-state index contributed by atoms with van der Waals surface area (Å²) in [4.78, 5) is 4.07. The van der Waals surface area contributed by atoms with Gasteiger partial charge in [-0.15, -0.1) is 0 Å². The summed E-state index contributed by atoms with van der Waals surface area (Å²) in [5.41, 5.74) is 0. The molecule has 0 saturated carbocycles. The summed E-state index contributed by atoms with van der Waals surface area (Å²) < 4.78 is 0. The second kappa shape index (κ2) is 21.9. The molecule has 0 saturated heterocycles. The lowest BCUT2D eigenvalue weighted by Gasteiger charge is -2.03. The minimum atomic E-state index is 0.361. The van der Waals surface area contributed by atoms with Crippen molar-refractivity contribution in [1.82, 2.24) is 0 Å². The third kappa shape index (κ3) is 21.9. The lowest BCUT2D eigenvalue weighted by atomic mass is 10.0. The van der Waals surface area contributed by atoms with Crippen LogP contribution in [-0.4, -0.2) is 23.6 Å². The van der Waals surface area contributed by atoms with Crippen molar-refractivity contribution < 1.29 is 15.3 Å². The number of unbranched alkanes of at least 4 members (excludes halogenated alkanes) is 17. The molecule has 0 unspecified atom stereocenters. The molecule has 0 amide bonds. The van der Waals surface area contributed by atoms with Crippen LogP contribution in [0.1, 0.15) is 116 Å². The van der Waals surface area contributed by atoms with Gasteiger partial charge in [-0.25, -0.2) is 4.89 Å². The molecule has 0 aliphatic heterocycles. The smallest absolute Gasteiger partial charge is 0.0819 e. The van der Waals surface area contributed by atoms with E-state index in [1.165, 1.54) is 103 Å². The predicted octanol–water partition coefficient (Wildman–Crippen LogP) is 6.49. The molecule has 0 rings (SSSR count). The van der Waals surface area contributed by atoms with Gasteiger partial charge in [-0.05, 0) is 12.8 Å². The number of hydrogen-bond donors (Lipinski definition) is 2. The molecule has 23 heavy (non-hydrogen) atoms. The molecule has 0 atom stereocenters. The number of aliphatic hydroxyl groups is 1. The van der Waals surface area contributed by atoms with Gasteiger partial charge in [0.1, 0.15) is 0 Å². The van der Waals surface area contributed by atoms with Gasteiger partial charge in [0.25, 0.3) is 0 Å². The van der Waals surface area contributed by atoms with E-state index in [-0.39, 0.29) is 0 Å². The first-order valence-electron chi connectivity index (χ1n) is 10.3. The summed E-state index contributed by atoms with van der Waals surface area (Å²) in [7, 11) is 0.